The van der Waals surface area contributed by atoms with Crippen molar-refractivity contribution in [2.75, 3.05) is 7.11 Å². The van der Waals surface area contributed by atoms with Crippen molar-refractivity contribution in [1.29, 1.82) is 0 Å². The lowest BCUT2D eigenvalue weighted by molar-refractivity contribution is 0.0952. The minimum atomic E-state index is -0.451. The van der Waals surface area contributed by atoms with E-state index in [1.54, 1.807) is 24.3 Å². The third-order valence-electron chi connectivity index (χ3n) is 2.66. The maximum absolute atomic E-state index is 12.7. The molecule has 0 spiro atoms. The van der Waals surface area contributed by atoms with Gasteiger partial charge in [0.05, 0.1) is 18.9 Å². The first kappa shape index (κ1) is 15.0. The van der Waals surface area contributed by atoms with Crippen LogP contribution in [0.25, 0.3) is 0 Å². The molecule has 21 heavy (non-hydrogen) atoms. The van der Waals surface area contributed by atoms with E-state index in [0.29, 0.717) is 16.3 Å². The summed E-state index contributed by atoms with van der Waals surface area (Å²) < 4.78 is 17.8. The molecule has 0 aliphatic heterocycles. The molecule has 6 heteroatoms. The zero-order valence-electron chi connectivity index (χ0n) is 11.1. The Balaban J connectivity index is 2.08. The Bertz CT molecular complexity index is 672. The molecule has 0 heterocycles. The summed E-state index contributed by atoms with van der Waals surface area (Å²) in [6, 6.07) is 10.4. The first-order valence-corrected chi connectivity index (χ1v) is 6.40. The molecule has 0 radical (unpaired) electrons. The van der Waals surface area contributed by atoms with Gasteiger partial charge in [-0.2, -0.15) is 5.10 Å². The van der Waals surface area contributed by atoms with Gasteiger partial charge in [-0.3, -0.25) is 4.79 Å². The number of nitrogens with zero attached hydrogens (tertiary/aromatic N) is 1. The highest BCUT2D eigenvalue weighted by molar-refractivity contribution is 6.31. The minimum absolute atomic E-state index is 0.279. The van der Waals surface area contributed by atoms with E-state index in [1.807, 2.05) is 0 Å². The number of nitrogens with one attached hydrogen (secondary N) is 1. The van der Waals surface area contributed by atoms with E-state index in [9.17, 15) is 9.18 Å². The summed E-state index contributed by atoms with van der Waals surface area (Å²) in [5.41, 5.74) is 3.30. The Hall–Kier alpha value is -2.40. The SMILES string of the molecule is COc1ccc(Cl)cc1C(=O)NN=Cc1ccc(F)cc1. The first-order valence-electron chi connectivity index (χ1n) is 6.02. The molecule has 2 aromatic rings. The van der Waals surface area contributed by atoms with Gasteiger partial charge in [0.2, 0.25) is 0 Å². The van der Waals surface area contributed by atoms with Crippen LogP contribution in [-0.4, -0.2) is 19.2 Å². The summed E-state index contributed by atoms with van der Waals surface area (Å²) >= 11 is 5.85. The molecule has 0 aliphatic rings. The molecule has 0 atom stereocenters. The number of halogens is 2. The predicted octanol–water partition coefficient (Wildman–Crippen LogP) is 3.25. The van der Waals surface area contributed by atoms with Gasteiger partial charge in [0, 0.05) is 5.02 Å². The summed E-state index contributed by atoms with van der Waals surface area (Å²) in [7, 11) is 1.46. The van der Waals surface area contributed by atoms with Gasteiger partial charge in [0.25, 0.3) is 5.91 Å². The molecule has 108 valence electrons. The predicted molar refractivity (Wildman–Crippen MR) is 79.5 cm³/mol. The number of amides is 1. The highest BCUT2D eigenvalue weighted by Crippen LogP contribution is 2.22. The molecule has 0 aromatic heterocycles. The molecule has 0 saturated heterocycles. The van der Waals surface area contributed by atoms with Crippen LogP contribution in [0.5, 0.6) is 5.75 Å². The van der Waals surface area contributed by atoms with Gasteiger partial charge >= 0.3 is 0 Å². The van der Waals surface area contributed by atoms with Crippen LogP contribution in [0.1, 0.15) is 15.9 Å². The maximum Gasteiger partial charge on any atom is 0.275 e. The van der Waals surface area contributed by atoms with Crippen LogP contribution in [-0.2, 0) is 0 Å². The van der Waals surface area contributed by atoms with E-state index in [2.05, 4.69) is 10.5 Å². The Morgan fingerprint density at radius 1 is 1.29 bits per heavy atom. The third-order valence-corrected chi connectivity index (χ3v) is 2.89. The van der Waals surface area contributed by atoms with Crippen LogP contribution in [0.3, 0.4) is 0 Å². The van der Waals surface area contributed by atoms with Crippen molar-refractivity contribution in [3.63, 3.8) is 0 Å². The van der Waals surface area contributed by atoms with Crippen molar-refractivity contribution < 1.29 is 13.9 Å². The van der Waals surface area contributed by atoms with Gasteiger partial charge in [-0.25, -0.2) is 9.82 Å². The van der Waals surface area contributed by atoms with Crippen LogP contribution in [0, 0.1) is 5.82 Å². The number of hydrazone groups is 1. The molecule has 4 nitrogen and oxygen atoms in total. The third kappa shape index (κ3) is 4.03. The van der Waals surface area contributed by atoms with E-state index < -0.39 is 5.91 Å². The quantitative estimate of drug-likeness (QED) is 0.696. The number of benzene rings is 2. The average molecular weight is 307 g/mol. The molecule has 2 rings (SSSR count). The second kappa shape index (κ2) is 6.85. The average Bonchev–Trinajstić information content (AvgIpc) is 2.49. The highest BCUT2D eigenvalue weighted by Gasteiger charge is 2.11. The molecular formula is C15H12ClFN2O2. The number of hydrogen-bond donors (Lipinski definition) is 1. The van der Waals surface area contributed by atoms with E-state index in [1.165, 1.54) is 31.5 Å². The van der Waals surface area contributed by atoms with E-state index in [4.69, 9.17) is 16.3 Å². The fourth-order valence-corrected chi connectivity index (χ4v) is 1.80. The van der Waals surface area contributed by atoms with Crippen LogP contribution in [0.2, 0.25) is 5.02 Å². The van der Waals surface area contributed by atoms with Crippen LogP contribution in [0.15, 0.2) is 47.6 Å². The summed E-state index contributed by atoms with van der Waals surface area (Å²) in [5, 5.41) is 4.23. The van der Waals surface area contributed by atoms with Crippen molar-refractivity contribution in [2.24, 2.45) is 5.10 Å². The minimum Gasteiger partial charge on any atom is -0.496 e. The zero-order chi connectivity index (χ0) is 15.2. The molecule has 0 fully saturated rings. The smallest absolute Gasteiger partial charge is 0.275 e. The van der Waals surface area contributed by atoms with Crippen molar-refractivity contribution in [3.8, 4) is 5.75 Å². The van der Waals surface area contributed by atoms with Crippen molar-refractivity contribution in [2.45, 2.75) is 0 Å². The number of ether oxygens (including phenoxy) is 1. The largest absolute Gasteiger partial charge is 0.496 e. The summed E-state index contributed by atoms with van der Waals surface area (Å²) in [4.78, 5) is 12.0. The molecule has 1 amide bonds. The summed E-state index contributed by atoms with van der Waals surface area (Å²) in [5.74, 6) is -0.388. The summed E-state index contributed by atoms with van der Waals surface area (Å²) in [6.07, 6.45) is 1.41. The van der Waals surface area contributed by atoms with Gasteiger partial charge in [0.1, 0.15) is 11.6 Å². The van der Waals surface area contributed by atoms with E-state index in [0.717, 1.165) is 0 Å². The van der Waals surface area contributed by atoms with Gasteiger partial charge in [-0.15, -0.1) is 0 Å². The Labute approximate surface area is 126 Å². The first-order chi connectivity index (χ1) is 10.1. The van der Waals surface area contributed by atoms with Gasteiger partial charge in [0.15, 0.2) is 0 Å². The fourth-order valence-electron chi connectivity index (χ4n) is 1.63. The highest BCUT2D eigenvalue weighted by atomic mass is 35.5. The van der Waals surface area contributed by atoms with E-state index in [-0.39, 0.29) is 11.4 Å². The fraction of sp³-hybridized carbons (Fsp3) is 0.0667. The van der Waals surface area contributed by atoms with Crippen molar-refractivity contribution >= 4 is 23.7 Å². The lowest BCUT2D eigenvalue weighted by Gasteiger charge is -2.07. The van der Waals surface area contributed by atoms with Crippen LogP contribution in [0.4, 0.5) is 4.39 Å². The Morgan fingerprint density at radius 2 is 2.00 bits per heavy atom. The second-order valence-corrected chi connectivity index (χ2v) is 4.53. The van der Waals surface area contributed by atoms with Gasteiger partial charge < -0.3 is 4.74 Å². The molecule has 2 aromatic carbocycles. The molecule has 0 saturated carbocycles. The van der Waals surface area contributed by atoms with Gasteiger partial charge in [-0.05, 0) is 35.9 Å². The van der Waals surface area contributed by atoms with Crippen LogP contribution < -0.4 is 10.2 Å². The van der Waals surface area contributed by atoms with Crippen molar-refractivity contribution in [1.82, 2.24) is 5.43 Å². The van der Waals surface area contributed by atoms with Crippen molar-refractivity contribution in [3.05, 3.63) is 64.4 Å². The Kier molecular flexibility index (Phi) is 4.90. The maximum atomic E-state index is 12.7. The van der Waals surface area contributed by atoms with E-state index >= 15 is 0 Å². The second-order valence-electron chi connectivity index (χ2n) is 4.10. The topological polar surface area (TPSA) is 50.7 Å². The van der Waals surface area contributed by atoms with Crippen LogP contribution >= 0.6 is 11.6 Å². The summed E-state index contributed by atoms with van der Waals surface area (Å²) in [6.45, 7) is 0. The molecule has 0 bridgehead atoms. The lowest BCUT2D eigenvalue weighted by Crippen LogP contribution is -2.18. The van der Waals surface area contributed by atoms with Gasteiger partial charge in [-0.1, -0.05) is 23.7 Å². The number of hydrogen-bond acceptors (Lipinski definition) is 3. The molecule has 0 unspecified atom stereocenters. The number of carbonyl (C=O) groups is 1. The number of methoxy groups -OCH3 is 1. The zero-order valence-corrected chi connectivity index (χ0v) is 11.9. The number of carbonyl (C=O) groups excluding carboxylic acids is 1. The molecule has 0 aliphatic carbocycles. The normalized spacial score (nSPS) is 10.6. The standard InChI is InChI=1S/C15H12ClFN2O2/c1-21-14-7-4-11(16)8-13(14)15(20)19-18-9-10-2-5-12(17)6-3-10/h2-9H,1H3,(H,19,20). The Morgan fingerprint density at radius 3 is 2.67 bits per heavy atom. The molecular weight excluding hydrogens is 295 g/mol. The monoisotopic (exact) mass is 306 g/mol. The number of rotatable bonds is 4. The molecule has 1 N–H and O–H groups in total. The lowest BCUT2D eigenvalue weighted by atomic mass is 10.2.